The molecule has 25 heavy (non-hydrogen) atoms. The third-order valence-corrected chi connectivity index (χ3v) is 3.67. The van der Waals surface area contributed by atoms with Crippen molar-refractivity contribution in [3.8, 4) is 0 Å². The Labute approximate surface area is 149 Å². The minimum atomic E-state index is 0.444. The van der Waals surface area contributed by atoms with Crippen LogP contribution in [0.3, 0.4) is 0 Å². The molecule has 1 aromatic heterocycles. The standard InChI is InChI=1S/C17H23N3.CH5N3O/c1-5-14-7-6-8-16(18-3)17(14)20(4)12-15-11-13(2)9-10-19-15;2-4-3-1-5/h6-11,18H,5,12H2,1-4H3;1,4H,2H2,(H,3,5). The zero-order valence-corrected chi connectivity index (χ0v) is 15.3. The normalized spacial score (nSPS) is 9.64. The summed E-state index contributed by atoms with van der Waals surface area (Å²) in [7, 11) is 4.09. The van der Waals surface area contributed by atoms with E-state index in [0.717, 1.165) is 18.7 Å². The van der Waals surface area contributed by atoms with E-state index in [2.05, 4.69) is 66.2 Å². The Hall–Kier alpha value is -2.64. The number of carbonyl (C=O) groups excluding carboxylic acids is 1. The lowest BCUT2D eigenvalue weighted by molar-refractivity contribution is -0.110. The predicted molar refractivity (Wildman–Crippen MR) is 103 cm³/mol. The summed E-state index contributed by atoms with van der Waals surface area (Å²) in [5, 5.41) is 3.29. The predicted octanol–water partition coefficient (Wildman–Crippen LogP) is 1.74. The monoisotopic (exact) mass is 344 g/mol. The number of hydrogen-bond donors (Lipinski definition) is 4. The lowest BCUT2D eigenvalue weighted by atomic mass is 10.1. The number of aromatic nitrogens is 1. The molecule has 7 heteroatoms. The summed E-state index contributed by atoms with van der Waals surface area (Å²) < 4.78 is 0. The van der Waals surface area contributed by atoms with E-state index < -0.39 is 0 Å². The van der Waals surface area contributed by atoms with Gasteiger partial charge in [0.2, 0.25) is 6.41 Å². The second-order valence-electron chi connectivity index (χ2n) is 5.50. The third-order valence-electron chi connectivity index (χ3n) is 3.67. The van der Waals surface area contributed by atoms with Gasteiger partial charge in [-0.15, -0.1) is 0 Å². The van der Waals surface area contributed by atoms with Crippen LogP contribution in [0.2, 0.25) is 0 Å². The number of nitrogens with two attached hydrogens (primary N) is 1. The van der Waals surface area contributed by atoms with Crippen molar-refractivity contribution in [3.63, 3.8) is 0 Å². The molecule has 0 saturated carbocycles. The van der Waals surface area contributed by atoms with Crippen LogP contribution in [0.1, 0.15) is 23.7 Å². The molecule has 2 rings (SSSR count). The minimum absolute atomic E-state index is 0.444. The highest BCUT2D eigenvalue weighted by molar-refractivity contribution is 5.73. The average Bonchev–Trinajstić information content (AvgIpc) is 2.62. The molecule has 0 spiro atoms. The van der Waals surface area contributed by atoms with Crippen molar-refractivity contribution in [1.82, 2.24) is 15.9 Å². The van der Waals surface area contributed by atoms with E-state index in [1.807, 2.05) is 30.3 Å². The van der Waals surface area contributed by atoms with E-state index in [1.165, 1.54) is 22.5 Å². The molecule has 0 fully saturated rings. The van der Waals surface area contributed by atoms with Crippen LogP contribution < -0.4 is 27.0 Å². The Kier molecular flexibility index (Phi) is 8.99. The highest BCUT2D eigenvalue weighted by Crippen LogP contribution is 2.30. The van der Waals surface area contributed by atoms with Crippen LogP contribution in [-0.4, -0.2) is 25.5 Å². The molecule has 5 N–H and O–H groups in total. The molecule has 2 aromatic rings. The number of pyridine rings is 1. The van der Waals surface area contributed by atoms with Crippen molar-refractivity contribution >= 4 is 17.8 Å². The van der Waals surface area contributed by atoms with Crippen LogP contribution >= 0.6 is 0 Å². The van der Waals surface area contributed by atoms with E-state index in [1.54, 1.807) is 0 Å². The topological polar surface area (TPSA) is 95.3 Å². The van der Waals surface area contributed by atoms with E-state index >= 15 is 0 Å². The Bertz CT molecular complexity index is 640. The quantitative estimate of drug-likeness (QED) is 0.347. The van der Waals surface area contributed by atoms with Crippen LogP contribution in [-0.2, 0) is 17.8 Å². The van der Waals surface area contributed by atoms with Gasteiger partial charge in [-0.2, -0.15) is 5.53 Å². The molecule has 136 valence electrons. The van der Waals surface area contributed by atoms with Gasteiger partial charge in [-0.05, 0) is 42.7 Å². The van der Waals surface area contributed by atoms with Gasteiger partial charge in [-0.25, -0.2) is 0 Å². The zero-order chi connectivity index (χ0) is 18.7. The molecule has 0 bridgehead atoms. The Morgan fingerprint density at radius 2 is 2.08 bits per heavy atom. The first-order valence-corrected chi connectivity index (χ1v) is 8.14. The molecular formula is C18H28N6O. The van der Waals surface area contributed by atoms with Gasteiger partial charge < -0.3 is 10.2 Å². The van der Waals surface area contributed by atoms with Gasteiger partial charge in [0.25, 0.3) is 0 Å². The summed E-state index contributed by atoms with van der Waals surface area (Å²) in [5.74, 6) is 4.55. The molecule has 1 amide bonds. The molecule has 7 nitrogen and oxygen atoms in total. The number of anilines is 2. The van der Waals surface area contributed by atoms with Gasteiger partial charge in [0.15, 0.2) is 0 Å². The third kappa shape index (κ3) is 6.40. The summed E-state index contributed by atoms with van der Waals surface area (Å²) in [6, 6.07) is 10.6. The number of amides is 1. The summed E-state index contributed by atoms with van der Waals surface area (Å²) in [4.78, 5) is 15.9. The van der Waals surface area contributed by atoms with E-state index in [0.29, 0.717) is 6.41 Å². The lowest BCUT2D eigenvalue weighted by Crippen LogP contribution is -2.36. The van der Waals surface area contributed by atoms with Crippen molar-refractivity contribution < 1.29 is 4.79 Å². The highest BCUT2D eigenvalue weighted by Gasteiger charge is 2.12. The summed E-state index contributed by atoms with van der Waals surface area (Å²) >= 11 is 0. The molecular weight excluding hydrogens is 316 g/mol. The second-order valence-corrected chi connectivity index (χ2v) is 5.50. The molecule has 0 aliphatic heterocycles. The number of hydrogen-bond acceptors (Lipinski definition) is 6. The van der Waals surface area contributed by atoms with Crippen LogP contribution in [0.25, 0.3) is 0 Å². The maximum atomic E-state index is 9.15. The molecule has 1 heterocycles. The van der Waals surface area contributed by atoms with Crippen molar-refractivity contribution in [1.29, 1.82) is 0 Å². The summed E-state index contributed by atoms with van der Waals surface area (Å²) in [6.07, 6.45) is 3.35. The first kappa shape index (κ1) is 20.4. The molecule has 0 aliphatic carbocycles. The van der Waals surface area contributed by atoms with Gasteiger partial charge in [-0.3, -0.25) is 21.0 Å². The lowest BCUT2D eigenvalue weighted by Gasteiger charge is -2.25. The summed E-state index contributed by atoms with van der Waals surface area (Å²) in [6.45, 7) is 5.11. The van der Waals surface area contributed by atoms with Crippen LogP contribution in [0, 0.1) is 6.92 Å². The number of benzene rings is 1. The smallest absolute Gasteiger partial charge is 0.222 e. The first-order chi connectivity index (χ1) is 12.1. The fourth-order valence-electron chi connectivity index (χ4n) is 2.57. The average molecular weight is 344 g/mol. The van der Waals surface area contributed by atoms with Gasteiger partial charge in [0.1, 0.15) is 0 Å². The first-order valence-electron chi connectivity index (χ1n) is 8.14. The SMILES string of the molecule is CCc1cccc(NC)c1N(C)Cc1cc(C)ccn1.NNNC=O. The molecule has 0 saturated heterocycles. The number of nitrogens with zero attached hydrogens (tertiary/aromatic N) is 2. The number of carbonyl (C=O) groups is 1. The van der Waals surface area contributed by atoms with Crippen molar-refractivity contribution in [3.05, 3.63) is 53.3 Å². The Balaban J connectivity index is 0.000000550. The Morgan fingerprint density at radius 1 is 1.32 bits per heavy atom. The van der Waals surface area contributed by atoms with E-state index in [9.17, 15) is 0 Å². The van der Waals surface area contributed by atoms with Gasteiger partial charge in [-0.1, -0.05) is 19.1 Å². The molecule has 0 aliphatic rings. The van der Waals surface area contributed by atoms with Crippen molar-refractivity contribution in [2.45, 2.75) is 26.8 Å². The minimum Gasteiger partial charge on any atom is -0.386 e. The van der Waals surface area contributed by atoms with Crippen LogP contribution in [0.5, 0.6) is 0 Å². The molecule has 0 unspecified atom stereocenters. The maximum absolute atomic E-state index is 9.15. The van der Waals surface area contributed by atoms with Gasteiger partial charge >= 0.3 is 0 Å². The number of para-hydroxylation sites is 1. The summed E-state index contributed by atoms with van der Waals surface area (Å²) in [5.41, 5.74) is 9.99. The molecule has 0 atom stereocenters. The molecule has 0 radical (unpaired) electrons. The number of rotatable bonds is 7. The Morgan fingerprint density at radius 3 is 2.60 bits per heavy atom. The van der Waals surface area contributed by atoms with Crippen molar-refractivity contribution in [2.75, 3.05) is 24.3 Å². The largest absolute Gasteiger partial charge is 0.386 e. The van der Waals surface area contributed by atoms with Crippen LogP contribution in [0.4, 0.5) is 11.4 Å². The fraction of sp³-hybridized carbons (Fsp3) is 0.333. The van der Waals surface area contributed by atoms with Crippen molar-refractivity contribution in [2.24, 2.45) is 5.84 Å². The number of hydrazine groups is 2. The molecule has 1 aromatic carbocycles. The van der Waals surface area contributed by atoms with E-state index in [4.69, 9.17) is 4.79 Å². The fourth-order valence-corrected chi connectivity index (χ4v) is 2.57. The highest BCUT2D eigenvalue weighted by atomic mass is 16.1. The maximum Gasteiger partial charge on any atom is 0.222 e. The van der Waals surface area contributed by atoms with Crippen LogP contribution in [0.15, 0.2) is 36.5 Å². The second kappa shape index (κ2) is 11.0. The van der Waals surface area contributed by atoms with Gasteiger partial charge in [0.05, 0.1) is 23.6 Å². The zero-order valence-electron chi connectivity index (χ0n) is 15.3. The van der Waals surface area contributed by atoms with E-state index in [-0.39, 0.29) is 0 Å². The van der Waals surface area contributed by atoms with Gasteiger partial charge in [0, 0.05) is 20.3 Å². The number of aryl methyl sites for hydroxylation is 2. The number of nitrogens with one attached hydrogen (secondary N) is 3.